The quantitative estimate of drug-likeness (QED) is 0.512. The summed E-state index contributed by atoms with van der Waals surface area (Å²) in [4.78, 5) is 18.0. The molecule has 0 radical (unpaired) electrons. The van der Waals surface area contributed by atoms with Crippen molar-refractivity contribution in [3.63, 3.8) is 0 Å². The number of aromatic amines is 1. The number of piperidine rings is 1. The van der Waals surface area contributed by atoms with Crippen molar-refractivity contribution in [2.45, 2.75) is 43.7 Å². The van der Waals surface area contributed by atoms with Crippen LogP contribution in [0.25, 0.3) is 22.2 Å². The number of fused-ring (bicyclic) bond motifs is 1. The van der Waals surface area contributed by atoms with Gasteiger partial charge in [-0.1, -0.05) is 0 Å². The summed E-state index contributed by atoms with van der Waals surface area (Å²) >= 11 is 0. The molecule has 2 aliphatic heterocycles. The van der Waals surface area contributed by atoms with Crippen LogP contribution in [0.2, 0.25) is 0 Å². The van der Waals surface area contributed by atoms with E-state index in [0.717, 1.165) is 93.0 Å². The number of carbonyl (C=O) groups excluding carboxylic acids is 1. The molecule has 8 heteroatoms. The number of ether oxygens (including phenoxy) is 2. The molecule has 1 aromatic heterocycles. The summed E-state index contributed by atoms with van der Waals surface area (Å²) in [7, 11) is 2.16. The average molecular weight is 504 g/mol. The molecule has 1 amide bonds. The maximum atomic E-state index is 13.2. The molecular formula is C29H37N5O3. The fraction of sp³-hybridized carbons (Fsp3) is 0.517. The number of nitrogens with zero attached hydrogens (tertiary/aromatic N) is 3. The summed E-state index contributed by atoms with van der Waals surface area (Å²) in [5.74, 6) is 0.860. The monoisotopic (exact) mass is 503 g/mol. The number of morpholine rings is 1. The lowest BCUT2D eigenvalue weighted by atomic mass is 9.75. The molecule has 196 valence electrons. The summed E-state index contributed by atoms with van der Waals surface area (Å²) in [5.41, 5.74) is 3.51. The van der Waals surface area contributed by atoms with Crippen LogP contribution in [-0.2, 0) is 4.74 Å². The third-order valence-electron chi connectivity index (χ3n) is 8.47. The van der Waals surface area contributed by atoms with Crippen LogP contribution in [-0.4, -0.2) is 90.5 Å². The third-order valence-corrected chi connectivity index (χ3v) is 8.47. The van der Waals surface area contributed by atoms with E-state index in [0.29, 0.717) is 12.1 Å². The topological polar surface area (TPSA) is 82.7 Å². The first-order valence-electron chi connectivity index (χ1n) is 13.6. The van der Waals surface area contributed by atoms with Gasteiger partial charge >= 0.3 is 0 Å². The first kappa shape index (κ1) is 24.4. The van der Waals surface area contributed by atoms with Gasteiger partial charge in [0.05, 0.1) is 24.4 Å². The Morgan fingerprint density at radius 1 is 1.11 bits per heavy atom. The zero-order valence-corrected chi connectivity index (χ0v) is 21.7. The maximum Gasteiger partial charge on any atom is 0.251 e. The smallest absolute Gasteiger partial charge is 0.251 e. The van der Waals surface area contributed by atoms with E-state index < -0.39 is 0 Å². The van der Waals surface area contributed by atoms with E-state index in [4.69, 9.17) is 9.47 Å². The van der Waals surface area contributed by atoms with Crippen LogP contribution in [0, 0.1) is 0 Å². The van der Waals surface area contributed by atoms with Gasteiger partial charge in [0, 0.05) is 54.8 Å². The van der Waals surface area contributed by atoms with E-state index in [1.807, 2.05) is 30.3 Å². The predicted molar refractivity (Wildman–Crippen MR) is 144 cm³/mol. The molecule has 0 atom stereocenters. The Bertz CT molecular complexity index is 1220. The van der Waals surface area contributed by atoms with Crippen molar-refractivity contribution in [3.8, 4) is 17.0 Å². The highest BCUT2D eigenvalue weighted by Crippen LogP contribution is 2.38. The van der Waals surface area contributed by atoms with Gasteiger partial charge in [-0.2, -0.15) is 5.10 Å². The first-order chi connectivity index (χ1) is 18.1. The molecule has 3 aliphatic rings. The van der Waals surface area contributed by atoms with Crippen molar-refractivity contribution >= 4 is 16.8 Å². The van der Waals surface area contributed by atoms with Crippen LogP contribution in [0.5, 0.6) is 5.75 Å². The van der Waals surface area contributed by atoms with Crippen LogP contribution < -0.4 is 10.1 Å². The lowest BCUT2D eigenvalue weighted by Gasteiger charge is -2.51. The number of likely N-dealkylation sites (tertiary alicyclic amines) is 1. The van der Waals surface area contributed by atoms with Crippen LogP contribution >= 0.6 is 0 Å². The standard InChI is InChI=1S/C29H37N5O3/c1-33-13-9-24(10-14-33)37-23-6-3-21(4-7-23)27-25-19-22(5-8-26(25)31-32-27)28(35)30-20-29(11-2-12-29)34-15-17-36-18-16-34/h3-8,19,24H,2,9-18,20H2,1H3,(H,30,35)(H,31,32). The number of nitrogens with one attached hydrogen (secondary N) is 2. The second-order valence-corrected chi connectivity index (χ2v) is 10.8. The Morgan fingerprint density at radius 3 is 2.57 bits per heavy atom. The summed E-state index contributed by atoms with van der Waals surface area (Å²) in [6, 6.07) is 13.9. The lowest BCUT2D eigenvalue weighted by Crippen LogP contribution is -2.62. The fourth-order valence-corrected chi connectivity index (χ4v) is 5.94. The van der Waals surface area contributed by atoms with Crippen molar-refractivity contribution in [1.82, 2.24) is 25.3 Å². The van der Waals surface area contributed by atoms with Gasteiger partial charge in [0.1, 0.15) is 11.9 Å². The second kappa shape index (κ2) is 10.4. The minimum atomic E-state index is -0.0320. The molecule has 2 N–H and O–H groups in total. The normalized spacial score (nSPS) is 21.0. The number of amides is 1. The molecule has 2 aromatic carbocycles. The number of benzene rings is 2. The number of H-pyrrole nitrogens is 1. The Balaban J connectivity index is 1.14. The minimum absolute atomic E-state index is 0.0320. The van der Waals surface area contributed by atoms with Crippen molar-refractivity contribution < 1.29 is 14.3 Å². The summed E-state index contributed by atoms with van der Waals surface area (Å²) in [6.07, 6.45) is 5.88. The molecule has 1 aliphatic carbocycles. The van der Waals surface area contributed by atoms with Gasteiger partial charge in [-0.3, -0.25) is 14.8 Å². The molecule has 3 aromatic rings. The van der Waals surface area contributed by atoms with Crippen LogP contribution in [0.15, 0.2) is 42.5 Å². The highest BCUT2D eigenvalue weighted by molar-refractivity contribution is 6.01. The zero-order chi connectivity index (χ0) is 25.2. The Labute approximate surface area is 218 Å². The maximum absolute atomic E-state index is 13.2. The fourth-order valence-electron chi connectivity index (χ4n) is 5.94. The lowest BCUT2D eigenvalue weighted by molar-refractivity contribution is -0.0540. The highest BCUT2D eigenvalue weighted by Gasteiger charge is 2.43. The van der Waals surface area contributed by atoms with Crippen molar-refractivity contribution in [1.29, 1.82) is 0 Å². The Hall–Kier alpha value is -2.94. The first-order valence-corrected chi connectivity index (χ1v) is 13.6. The number of hydrogen-bond donors (Lipinski definition) is 2. The molecule has 8 nitrogen and oxygen atoms in total. The van der Waals surface area contributed by atoms with Gasteiger partial charge in [-0.25, -0.2) is 0 Å². The van der Waals surface area contributed by atoms with E-state index >= 15 is 0 Å². The van der Waals surface area contributed by atoms with Gasteiger partial charge in [0.25, 0.3) is 5.91 Å². The van der Waals surface area contributed by atoms with Crippen molar-refractivity contribution in [2.24, 2.45) is 0 Å². The van der Waals surface area contributed by atoms with Crippen LogP contribution in [0.1, 0.15) is 42.5 Å². The number of rotatable bonds is 7. The molecule has 0 bridgehead atoms. The Morgan fingerprint density at radius 2 is 1.86 bits per heavy atom. The molecule has 3 fully saturated rings. The summed E-state index contributed by atoms with van der Waals surface area (Å²) < 4.78 is 11.7. The molecule has 1 saturated carbocycles. The van der Waals surface area contributed by atoms with E-state index in [1.165, 1.54) is 6.42 Å². The molecule has 6 rings (SSSR count). The number of aromatic nitrogens is 2. The molecule has 37 heavy (non-hydrogen) atoms. The van der Waals surface area contributed by atoms with Crippen molar-refractivity contribution in [3.05, 3.63) is 48.0 Å². The minimum Gasteiger partial charge on any atom is -0.490 e. The van der Waals surface area contributed by atoms with E-state index in [9.17, 15) is 4.79 Å². The van der Waals surface area contributed by atoms with Gasteiger partial charge in [-0.05, 0) is 81.6 Å². The zero-order valence-electron chi connectivity index (χ0n) is 21.7. The molecular weight excluding hydrogens is 466 g/mol. The van der Waals surface area contributed by atoms with Gasteiger partial charge in [-0.15, -0.1) is 0 Å². The van der Waals surface area contributed by atoms with Gasteiger partial charge in [0.15, 0.2) is 0 Å². The summed E-state index contributed by atoms with van der Waals surface area (Å²) in [5, 5.41) is 11.9. The van der Waals surface area contributed by atoms with E-state index in [-0.39, 0.29) is 17.6 Å². The third kappa shape index (κ3) is 5.10. The highest BCUT2D eigenvalue weighted by atomic mass is 16.5. The average Bonchev–Trinajstić information content (AvgIpc) is 3.34. The molecule has 0 spiro atoms. The largest absolute Gasteiger partial charge is 0.490 e. The van der Waals surface area contributed by atoms with Crippen molar-refractivity contribution in [2.75, 3.05) is 53.0 Å². The Kier molecular flexibility index (Phi) is 6.88. The summed E-state index contributed by atoms with van der Waals surface area (Å²) in [6.45, 7) is 6.28. The molecule has 2 saturated heterocycles. The van der Waals surface area contributed by atoms with Crippen LogP contribution in [0.4, 0.5) is 0 Å². The van der Waals surface area contributed by atoms with Gasteiger partial charge < -0.3 is 19.7 Å². The second-order valence-electron chi connectivity index (χ2n) is 10.8. The SMILES string of the molecule is CN1CCC(Oc2ccc(-c3n[nH]c4ccc(C(=O)NCC5(N6CCOCC6)CCC5)cc34)cc2)CC1. The van der Waals surface area contributed by atoms with E-state index in [1.54, 1.807) is 0 Å². The number of hydrogen-bond acceptors (Lipinski definition) is 6. The number of carbonyl (C=O) groups is 1. The molecule has 3 heterocycles. The molecule has 0 unspecified atom stereocenters. The van der Waals surface area contributed by atoms with Crippen LogP contribution in [0.3, 0.4) is 0 Å². The predicted octanol–water partition coefficient (Wildman–Crippen LogP) is 3.69. The van der Waals surface area contributed by atoms with E-state index in [2.05, 4.69) is 44.5 Å². The van der Waals surface area contributed by atoms with Gasteiger partial charge in [0.2, 0.25) is 0 Å².